The third kappa shape index (κ3) is 3.84. The number of hydrogen-bond acceptors (Lipinski definition) is 4. The standard InChI is InChI=1S/C7H12N4OS/c1-5(2)10-7(12)8-3-6-4-9-11-13-6/h4-5H,3H2,1-2H3,(H2,8,10,12). The number of aromatic nitrogens is 2. The van der Waals surface area contributed by atoms with Crippen LogP contribution in [0.3, 0.4) is 0 Å². The van der Waals surface area contributed by atoms with Crippen LogP contribution in [0.25, 0.3) is 0 Å². The number of urea groups is 1. The Morgan fingerprint density at radius 3 is 3.00 bits per heavy atom. The minimum Gasteiger partial charge on any atom is -0.336 e. The van der Waals surface area contributed by atoms with E-state index in [-0.39, 0.29) is 12.1 Å². The summed E-state index contributed by atoms with van der Waals surface area (Å²) < 4.78 is 3.68. The lowest BCUT2D eigenvalue weighted by molar-refractivity contribution is 0.238. The fourth-order valence-corrected chi connectivity index (χ4v) is 1.18. The lowest BCUT2D eigenvalue weighted by atomic mass is 10.4. The van der Waals surface area contributed by atoms with Crippen molar-refractivity contribution < 1.29 is 4.79 Å². The Morgan fingerprint density at radius 1 is 1.69 bits per heavy atom. The molecule has 0 spiro atoms. The maximum atomic E-state index is 11.1. The average molecular weight is 200 g/mol. The monoisotopic (exact) mass is 200 g/mol. The molecule has 0 saturated heterocycles. The number of hydrogen-bond donors (Lipinski definition) is 2. The zero-order chi connectivity index (χ0) is 9.68. The van der Waals surface area contributed by atoms with E-state index < -0.39 is 0 Å². The fourth-order valence-electron chi connectivity index (χ4n) is 0.746. The van der Waals surface area contributed by atoms with E-state index in [9.17, 15) is 4.79 Å². The highest BCUT2D eigenvalue weighted by Gasteiger charge is 2.02. The van der Waals surface area contributed by atoms with Crippen LogP contribution in [0.15, 0.2) is 6.20 Å². The molecule has 2 amide bonds. The molecule has 1 rings (SSSR count). The molecule has 0 aliphatic rings. The number of nitrogens with one attached hydrogen (secondary N) is 2. The average Bonchev–Trinajstić information content (AvgIpc) is 2.51. The van der Waals surface area contributed by atoms with Crippen molar-refractivity contribution in [1.29, 1.82) is 0 Å². The zero-order valence-electron chi connectivity index (χ0n) is 7.57. The minimum absolute atomic E-state index is 0.152. The molecule has 0 atom stereocenters. The molecule has 72 valence electrons. The van der Waals surface area contributed by atoms with E-state index in [0.717, 1.165) is 4.88 Å². The molecule has 2 N–H and O–H groups in total. The SMILES string of the molecule is CC(C)NC(=O)NCc1cnns1. The molecule has 1 heterocycles. The second kappa shape index (κ2) is 4.76. The van der Waals surface area contributed by atoms with Crippen LogP contribution in [0.2, 0.25) is 0 Å². The summed E-state index contributed by atoms with van der Waals surface area (Å²) in [6.45, 7) is 4.30. The van der Waals surface area contributed by atoms with E-state index >= 15 is 0 Å². The zero-order valence-corrected chi connectivity index (χ0v) is 8.39. The Balaban J connectivity index is 2.23. The van der Waals surface area contributed by atoms with E-state index in [0.29, 0.717) is 6.54 Å². The molecule has 5 nitrogen and oxygen atoms in total. The number of carbonyl (C=O) groups is 1. The molecular weight excluding hydrogens is 188 g/mol. The minimum atomic E-state index is -0.164. The number of carbonyl (C=O) groups excluding carboxylic acids is 1. The predicted octanol–water partition coefficient (Wildman–Crippen LogP) is 0.746. The largest absolute Gasteiger partial charge is 0.336 e. The van der Waals surface area contributed by atoms with Crippen molar-refractivity contribution in [2.24, 2.45) is 0 Å². The van der Waals surface area contributed by atoms with Crippen LogP contribution in [0.5, 0.6) is 0 Å². The summed E-state index contributed by atoms with van der Waals surface area (Å²) in [5.74, 6) is 0. The second-order valence-corrected chi connectivity index (χ2v) is 3.74. The van der Waals surface area contributed by atoms with Crippen LogP contribution >= 0.6 is 11.5 Å². The van der Waals surface area contributed by atoms with Crippen LogP contribution in [0.4, 0.5) is 4.79 Å². The molecular formula is C7H12N4OS. The highest BCUT2D eigenvalue weighted by Crippen LogP contribution is 1.99. The summed E-state index contributed by atoms with van der Waals surface area (Å²) in [5, 5.41) is 9.07. The van der Waals surface area contributed by atoms with Crippen molar-refractivity contribution in [3.63, 3.8) is 0 Å². The highest BCUT2D eigenvalue weighted by molar-refractivity contribution is 7.05. The third-order valence-electron chi connectivity index (χ3n) is 1.25. The summed E-state index contributed by atoms with van der Waals surface area (Å²) in [7, 11) is 0. The van der Waals surface area contributed by atoms with E-state index in [1.54, 1.807) is 6.20 Å². The van der Waals surface area contributed by atoms with Crippen molar-refractivity contribution in [3.8, 4) is 0 Å². The van der Waals surface area contributed by atoms with E-state index in [4.69, 9.17) is 0 Å². The van der Waals surface area contributed by atoms with Crippen LogP contribution in [-0.4, -0.2) is 21.7 Å². The first-order valence-electron chi connectivity index (χ1n) is 3.99. The maximum Gasteiger partial charge on any atom is 0.315 e. The van der Waals surface area contributed by atoms with Crippen LogP contribution in [0.1, 0.15) is 18.7 Å². The molecule has 1 aromatic rings. The quantitative estimate of drug-likeness (QED) is 0.756. The normalized spacial score (nSPS) is 10.1. The molecule has 0 fully saturated rings. The van der Waals surface area contributed by atoms with Gasteiger partial charge in [0.05, 0.1) is 17.6 Å². The summed E-state index contributed by atoms with van der Waals surface area (Å²) >= 11 is 1.28. The van der Waals surface area contributed by atoms with Crippen molar-refractivity contribution in [2.45, 2.75) is 26.4 Å². The molecule has 0 aliphatic carbocycles. The fraction of sp³-hybridized carbons (Fsp3) is 0.571. The molecule has 0 aliphatic heterocycles. The summed E-state index contributed by atoms with van der Waals surface area (Å²) in [4.78, 5) is 12.0. The van der Waals surface area contributed by atoms with Gasteiger partial charge in [-0.25, -0.2) is 4.79 Å². The first-order chi connectivity index (χ1) is 6.18. The van der Waals surface area contributed by atoms with Crippen molar-refractivity contribution in [2.75, 3.05) is 0 Å². The van der Waals surface area contributed by atoms with Gasteiger partial charge in [0.2, 0.25) is 0 Å². The van der Waals surface area contributed by atoms with Gasteiger partial charge in [-0.1, -0.05) is 4.49 Å². The Morgan fingerprint density at radius 2 is 2.46 bits per heavy atom. The smallest absolute Gasteiger partial charge is 0.315 e. The van der Waals surface area contributed by atoms with Gasteiger partial charge in [-0.05, 0) is 25.4 Å². The highest BCUT2D eigenvalue weighted by atomic mass is 32.1. The number of amides is 2. The molecule has 0 unspecified atom stereocenters. The first-order valence-corrected chi connectivity index (χ1v) is 4.76. The lowest BCUT2D eigenvalue weighted by Gasteiger charge is -2.08. The predicted molar refractivity (Wildman–Crippen MR) is 50.4 cm³/mol. The molecule has 13 heavy (non-hydrogen) atoms. The van der Waals surface area contributed by atoms with Gasteiger partial charge in [0.25, 0.3) is 0 Å². The van der Waals surface area contributed by atoms with Crippen molar-refractivity contribution in [1.82, 2.24) is 20.2 Å². The third-order valence-corrected chi connectivity index (χ3v) is 1.91. The van der Waals surface area contributed by atoms with Crippen LogP contribution in [0, 0.1) is 0 Å². The topological polar surface area (TPSA) is 66.9 Å². The van der Waals surface area contributed by atoms with Gasteiger partial charge >= 0.3 is 6.03 Å². The van der Waals surface area contributed by atoms with Crippen LogP contribution < -0.4 is 10.6 Å². The Kier molecular flexibility index (Phi) is 3.63. The van der Waals surface area contributed by atoms with E-state index in [2.05, 4.69) is 20.2 Å². The Bertz CT molecular complexity index is 259. The van der Waals surface area contributed by atoms with E-state index in [1.807, 2.05) is 13.8 Å². The number of rotatable bonds is 3. The summed E-state index contributed by atoms with van der Waals surface area (Å²) in [5.41, 5.74) is 0. The molecule has 6 heteroatoms. The summed E-state index contributed by atoms with van der Waals surface area (Å²) in [6.07, 6.45) is 1.64. The lowest BCUT2D eigenvalue weighted by Crippen LogP contribution is -2.38. The van der Waals surface area contributed by atoms with Gasteiger partial charge in [-0.3, -0.25) is 0 Å². The Hall–Kier alpha value is -1.17. The maximum absolute atomic E-state index is 11.1. The van der Waals surface area contributed by atoms with Crippen molar-refractivity contribution in [3.05, 3.63) is 11.1 Å². The molecule has 0 aromatic carbocycles. The molecule has 0 radical (unpaired) electrons. The van der Waals surface area contributed by atoms with E-state index in [1.165, 1.54) is 11.5 Å². The first kappa shape index (κ1) is 9.91. The molecule has 0 bridgehead atoms. The number of nitrogens with zero attached hydrogens (tertiary/aromatic N) is 2. The summed E-state index contributed by atoms with van der Waals surface area (Å²) in [6, 6.07) is -0.0111. The van der Waals surface area contributed by atoms with Gasteiger partial charge in [0.1, 0.15) is 0 Å². The van der Waals surface area contributed by atoms with Crippen LogP contribution in [-0.2, 0) is 6.54 Å². The second-order valence-electron chi connectivity index (χ2n) is 2.87. The molecule has 0 saturated carbocycles. The van der Waals surface area contributed by atoms with Gasteiger partial charge in [-0.2, -0.15) is 0 Å². The van der Waals surface area contributed by atoms with Crippen molar-refractivity contribution >= 4 is 17.6 Å². The van der Waals surface area contributed by atoms with Gasteiger partial charge in [-0.15, -0.1) is 5.10 Å². The van der Waals surface area contributed by atoms with Gasteiger partial charge in [0.15, 0.2) is 0 Å². The van der Waals surface area contributed by atoms with Gasteiger partial charge < -0.3 is 10.6 Å². The Labute approximate surface area is 80.7 Å². The molecule has 1 aromatic heterocycles. The van der Waals surface area contributed by atoms with Gasteiger partial charge in [0, 0.05) is 6.04 Å².